The van der Waals surface area contributed by atoms with Crippen molar-refractivity contribution >= 4 is 12.2 Å². The van der Waals surface area contributed by atoms with Gasteiger partial charge in [0.2, 0.25) is 0 Å². The maximum absolute atomic E-state index is 10.6. The Balaban J connectivity index is 2.53. The molecule has 1 aromatic rings. The first kappa shape index (κ1) is 7.02. The number of nitrogens with zero attached hydrogens (tertiary/aromatic N) is 2. The number of rotatable bonds is 1. The minimum absolute atomic E-state index is 0.121. The summed E-state index contributed by atoms with van der Waals surface area (Å²) in [4.78, 5) is 14.6. The number of aromatic nitrogens is 2. The van der Waals surface area contributed by atoms with Crippen molar-refractivity contribution in [1.29, 1.82) is 0 Å². The summed E-state index contributed by atoms with van der Waals surface area (Å²) in [5.41, 5.74) is 1.60. The van der Waals surface area contributed by atoms with Gasteiger partial charge in [0.25, 0.3) is 0 Å². The van der Waals surface area contributed by atoms with Crippen molar-refractivity contribution in [3.63, 3.8) is 0 Å². The number of carboxylic acids is 1. The number of H-pyrrole nitrogens is 1. The Bertz CT molecular complexity index is 354. The average Bonchev–Trinajstić information content (AvgIpc) is 2.47. The van der Waals surface area contributed by atoms with Gasteiger partial charge in [-0.1, -0.05) is 0 Å². The Morgan fingerprint density at radius 1 is 1.67 bits per heavy atom. The van der Waals surface area contributed by atoms with Gasteiger partial charge in [0.15, 0.2) is 5.69 Å². The molecule has 12 heavy (non-hydrogen) atoms. The third kappa shape index (κ3) is 0.903. The van der Waals surface area contributed by atoms with Gasteiger partial charge in [0.05, 0.1) is 5.69 Å². The number of carboxylic acid groups (broad SMARTS) is 1. The number of aromatic amines is 1. The van der Waals surface area contributed by atoms with Crippen LogP contribution in [0.5, 0.6) is 0 Å². The van der Waals surface area contributed by atoms with Crippen LogP contribution in [0.25, 0.3) is 0 Å². The van der Waals surface area contributed by atoms with Crippen LogP contribution < -0.4 is 0 Å². The highest BCUT2D eigenvalue weighted by molar-refractivity contribution is 5.91. The quantitative estimate of drug-likeness (QED) is 0.618. The lowest BCUT2D eigenvalue weighted by molar-refractivity contribution is 0.0689. The van der Waals surface area contributed by atoms with Crippen molar-refractivity contribution in [2.75, 3.05) is 6.54 Å². The number of nitrogens with one attached hydrogen (secondary N) is 1. The second kappa shape index (κ2) is 2.44. The van der Waals surface area contributed by atoms with Crippen LogP contribution in [0.2, 0.25) is 0 Å². The highest BCUT2D eigenvalue weighted by Gasteiger charge is 2.18. The van der Waals surface area contributed by atoms with E-state index in [1.54, 1.807) is 6.21 Å². The Hall–Kier alpha value is -1.65. The zero-order valence-corrected chi connectivity index (χ0v) is 6.24. The maximum atomic E-state index is 10.6. The maximum Gasteiger partial charge on any atom is 0.356 e. The van der Waals surface area contributed by atoms with Crippen molar-refractivity contribution in [3.05, 3.63) is 17.0 Å². The molecule has 0 fully saturated rings. The van der Waals surface area contributed by atoms with Crippen LogP contribution in [0.3, 0.4) is 0 Å². The van der Waals surface area contributed by atoms with Crippen molar-refractivity contribution in [3.8, 4) is 0 Å². The molecule has 0 unspecified atom stereocenters. The number of hydrogen-bond donors (Lipinski definition) is 2. The summed E-state index contributed by atoms with van der Waals surface area (Å²) >= 11 is 0. The van der Waals surface area contributed by atoms with Gasteiger partial charge >= 0.3 is 5.97 Å². The predicted molar refractivity (Wildman–Crippen MR) is 41.7 cm³/mol. The zero-order chi connectivity index (χ0) is 8.55. The van der Waals surface area contributed by atoms with Gasteiger partial charge in [0.1, 0.15) is 0 Å². The molecule has 1 aliphatic heterocycles. The minimum Gasteiger partial charge on any atom is -0.476 e. The van der Waals surface area contributed by atoms with Gasteiger partial charge in [-0.2, -0.15) is 5.10 Å². The summed E-state index contributed by atoms with van der Waals surface area (Å²) in [5, 5.41) is 15.0. The number of aromatic carboxylic acids is 1. The minimum atomic E-state index is -0.984. The lowest BCUT2D eigenvalue weighted by atomic mass is 10.1. The fourth-order valence-electron chi connectivity index (χ4n) is 1.25. The van der Waals surface area contributed by atoms with Gasteiger partial charge < -0.3 is 5.11 Å². The topological polar surface area (TPSA) is 78.3 Å². The van der Waals surface area contributed by atoms with Crippen LogP contribution in [0, 0.1) is 0 Å². The van der Waals surface area contributed by atoms with E-state index in [-0.39, 0.29) is 5.69 Å². The van der Waals surface area contributed by atoms with E-state index in [2.05, 4.69) is 15.2 Å². The molecule has 62 valence electrons. The molecule has 1 aliphatic rings. The lowest BCUT2D eigenvalue weighted by Gasteiger charge is -2.02. The molecule has 2 rings (SSSR count). The summed E-state index contributed by atoms with van der Waals surface area (Å²) in [6, 6.07) is 0. The van der Waals surface area contributed by atoms with E-state index < -0.39 is 5.97 Å². The molecule has 0 saturated heterocycles. The van der Waals surface area contributed by atoms with Crippen LogP contribution >= 0.6 is 0 Å². The number of carbonyl (C=O) groups is 1. The smallest absolute Gasteiger partial charge is 0.356 e. The fraction of sp³-hybridized carbons (Fsp3) is 0.286. The number of hydrogen-bond acceptors (Lipinski definition) is 3. The number of aliphatic imine (C=N–C) groups is 1. The van der Waals surface area contributed by atoms with E-state index >= 15 is 0 Å². The first-order chi connectivity index (χ1) is 5.79. The van der Waals surface area contributed by atoms with E-state index in [1.165, 1.54) is 0 Å². The highest BCUT2D eigenvalue weighted by Crippen LogP contribution is 2.13. The van der Waals surface area contributed by atoms with Crippen molar-refractivity contribution in [1.82, 2.24) is 10.2 Å². The van der Waals surface area contributed by atoms with Crippen LogP contribution in [0.4, 0.5) is 0 Å². The molecule has 5 heteroatoms. The average molecular weight is 165 g/mol. The van der Waals surface area contributed by atoms with Crippen molar-refractivity contribution in [2.24, 2.45) is 4.99 Å². The molecule has 0 bridgehead atoms. The van der Waals surface area contributed by atoms with Crippen molar-refractivity contribution < 1.29 is 9.90 Å². The monoisotopic (exact) mass is 165 g/mol. The lowest BCUT2D eigenvalue weighted by Crippen LogP contribution is -2.06. The fourth-order valence-corrected chi connectivity index (χ4v) is 1.25. The Labute approximate surface area is 68.1 Å². The van der Waals surface area contributed by atoms with Crippen LogP contribution in [-0.4, -0.2) is 34.0 Å². The van der Waals surface area contributed by atoms with Crippen LogP contribution in [0.1, 0.15) is 21.7 Å². The summed E-state index contributed by atoms with van der Waals surface area (Å²) in [6.07, 6.45) is 2.28. The van der Waals surface area contributed by atoms with Crippen LogP contribution in [-0.2, 0) is 6.42 Å². The van der Waals surface area contributed by atoms with Gasteiger partial charge in [-0.05, 0) is 6.42 Å². The van der Waals surface area contributed by atoms with Gasteiger partial charge in [-0.15, -0.1) is 0 Å². The molecule has 2 N–H and O–H groups in total. The Kier molecular flexibility index (Phi) is 1.43. The summed E-state index contributed by atoms with van der Waals surface area (Å²) in [6.45, 7) is 0.646. The molecule has 0 saturated carbocycles. The number of fused-ring (bicyclic) bond motifs is 1. The van der Waals surface area contributed by atoms with E-state index in [4.69, 9.17) is 5.11 Å². The zero-order valence-electron chi connectivity index (χ0n) is 6.24. The molecule has 0 aliphatic carbocycles. The largest absolute Gasteiger partial charge is 0.476 e. The summed E-state index contributed by atoms with van der Waals surface area (Å²) in [7, 11) is 0. The van der Waals surface area contributed by atoms with Gasteiger partial charge in [-0.3, -0.25) is 10.1 Å². The van der Waals surface area contributed by atoms with E-state index in [0.717, 1.165) is 11.3 Å². The molecule has 0 aromatic carbocycles. The second-order valence-electron chi connectivity index (χ2n) is 2.55. The molecule has 0 atom stereocenters. The SMILES string of the molecule is O=C(O)c1n[nH]c2c1CCN=C2. The second-order valence-corrected chi connectivity index (χ2v) is 2.55. The molecule has 5 nitrogen and oxygen atoms in total. The van der Waals surface area contributed by atoms with Crippen molar-refractivity contribution in [2.45, 2.75) is 6.42 Å². The summed E-state index contributed by atoms with van der Waals surface area (Å²) < 4.78 is 0. The third-order valence-electron chi connectivity index (χ3n) is 1.81. The summed E-state index contributed by atoms with van der Waals surface area (Å²) in [5.74, 6) is -0.984. The molecule has 0 spiro atoms. The molecule has 2 heterocycles. The Morgan fingerprint density at radius 2 is 2.50 bits per heavy atom. The van der Waals surface area contributed by atoms with E-state index in [1.807, 2.05) is 0 Å². The first-order valence-electron chi connectivity index (χ1n) is 3.59. The highest BCUT2D eigenvalue weighted by atomic mass is 16.4. The van der Waals surface area contributed by atoms with Crippen LogP contribution in [0.15, 0.2) is 4.99 Å². The van der Waals surface area contributed by atoms with E-state index in [9.17, 15) is 4.79 Å². The van der Waals surface area contributed by atoms with Gasteiger partial charge in [0, 0.05) is 18.3 Å². The standard InChI is InChI=1S/C7H7N3O2/c11-7(12)6-4-1-2-8-3-5(4)9-10-6/h3H,1-2H2,(H,9,10)(H,11,12). The molecule has 0 amide bonds. The normalized spacial score (nSPS) is 14.3. The molecular weight excluding hydrogens is 158 g/mol. The third-order valence-corrected chi connectivity index (χ3v) is 1.81. The molecule has 1 aromatic heterocycles. The predicted octanol–water partition coefficient (Wildman–Crippen LogP) is 0.0829. The van der Waals surface area contributed by atoms with E-state index in [0.29, 0.717) is 13.0 Å². The Morgan fingerprint density at radius 3 is 3.25 bits per heavy atom. The molecular formula is C7H7N3O2. The van der Waals surface area contributed by atoms with Gasteiger partial charge in [-0.25, -0.2) is 4.79 Å². The first-order valence-corrected chi connectivity index (χ1v) is 3.59. The molecule has 0 radical (unpaired) electrons.